The van der Waals surface area contributed by atoms with Crippen molar-refractivity contribution in [3.63, 3.8) is 0 Å². The maximum Gasteiger partial charge on any atom is 0.252 e. The van der Waals surface area contributed by atoms with E-state index in [1.165, 1.54) is 0 Å². The first-order chi connectivity index (χ1) is 3.34. The van der Waals surface area contributed by atoms with Crippen molar-refractivity contribution in [3.05, 3.63) is 0 Å². The fraction of sp³-hybridized carbons (Fsp3) is 1.00. The van der Waals surface area contributed by atoms with Crippen molar-refractivity contribution in [2.75, 3.05) is 6.61 Å². The van der Waals surface area contributed by atoms with Gasteiger partial charge in [-0.25, -0.2) is 0 Å². The Bertz CT molecular complexity index is 60.0. The first-order valence-electron chi connectivity index (χ1n) is 1.95. The van der Waals surface area contributed by atoms with Gasteiger partial charge in [0.2, 0.25) is 0 Å². The van der Waals surface area contributed by atoms with Gasteiger partial charge in [-0.15, -0.1) is 0 Å². The highest BCUT2D eigenvalue weighted by molar-refractivity contribution is 4.59. The zero-order valence-electron chi connectivity index (χ0n) is 3.57. The van der Waals surface area contributed by atoms with E-state index in [0.717, 1.165) is 0 Å². The minimum Gasteiger partial charge on any atom is -0.393 e. The van der Waals surface area contributed by atoms with Gasteiger partial charge in [0.25, 0.3) is 6.29 Å². The Morgan fingerprint density at radius 1 is 1.57 bits per heavy atom. The molecule has 42 valence electrons. The Kier molecular flexibility index (Phi) is 1.25. The van der Waals surface area contributed by atoms with Crippen molar-refractivity contribution in [2.24, 2.45) is 0 Å². The molecule has 4 nitrogen and oxygen atoms in total. The van der Waals surface area contributed by atoms with Crippen LogP contribution in [-0.4, -0.2) is 29.2 Å². The topological polar surface area (TPSA) is 65.5 Å². The van der Waals surface area contributed by atoms with E-state index in [9.17, 15) is 0 Å². The van der Waals surface area contributed by atoms with Crippen molar-refractivity contribution in [1.29, 1.82) is 0 Å². The molecule has 1 fully saturated rings. The fourth-order valence-electron chi connectivity index (χ4n) is 0.246. The molecule has 1 heterocycles. The molecule has 0 amide bonds. The first kappa shape index (κ1) is 4.99. The predicted molar refractivity (Wildman–Crippen MR) is 19.1 cm³/mol. The first-order valence-corrected chi connectivity index (χ1v) is 1.95. The Balaban J connectivity index is 2.10. The highest BCUT2D eigenvalue weighted by Gasteiger charge is 2.33. The summed E-state index contributed by atoms with van der Waals surface area (Å²) in [6, 6.07) is 0. The molecule has 0 aliphatic carbocycles. The molecule has 1 unspecified atom stereocenters. The van der Waals surface area contributed by atoms with Gasteiger partial charge in [0.1, 0.15) is 6.10 Å². The number of hydrogen-bond acceptors (Lipinski definition) is 4. The third kappa shape index (κ3) is 1.10. The summed E-state index contributed by atoms with van der Waals surface area (Å²) in [5.41, 5.74) is 0. The van der Waals surface area contributed by atoms with E-state index in [2.05, 4.69) is 9.78 Å². The van der Waals surface area contributed by atoms with Gasteiger partial charge in [0.15, 0.2) is 0 Å². The Morgan fingerprint density at radius 2 is 2.14 bits per heavy atom. The van der Waals surface area contributed by atoms with E-state index in [4.69, 9.17) is 10.2 Å². The SMILES string of the molecule is OCC(O)C1OO1. The molecule has 1 aliphatic rings. The number of aliphatic hydroxyl groups is 2. The van der Waals surface area contributed by atoms with Crippen molar-refractivity contribution in [2.45, 2.75) is 12.4 Å². The lowest BCUT2D eigenvalue weighted by atomic mass is 10.4. The molecule has 1 aliphatic heterocycles. The van der Waals surface area contributed by atoms with Crippen LogP contribution in [0.2, 0.25) is 0 Å². The van der Waals surface area contributed by atoms with Crippen LogP contribution in [0.15, 0.2) is 0 Å². The van der Waals surface area contributed by atoms with E-state index in [1.54, 1.807) is 0 Å². The van der Waals surface area contributed by atoms with Crippen LogP contribution in [0.1, 0.15) is 0 Å². The Hall–Kier alpha value is -0.160. The molecule has 4 heteroatoms. The lowest BCUT2D eigenvalue weighted by Gasteiger charge is -1.93. The van der Waals surface area contributed by atoms with Gasteiger partial charge in [0, 0.05) is 0 Å². The second-order valence-electron chi connectivity index (χ2n) is 1.31. The molecular formula is C3H6O4. The second kappa shape index (κ2) is 1.75. The van der Waals surface area contributed by atoms with Crippen molar-refractivity contribution < 1.29 is 20.0 Å². The van der Waals surface area contributed by atoms with Gasteiger partial charge in [0.05, 0.1) is 6.61 Å². The van der Waals surface area contributed by atoms with Gasteiger partial charge >= 0.3 is 0 Å². The maximum atomic E-state index is 8.50. The normalized spacial score (nSPS) is 24.9. The molecule has 0 aromatic carbocycles. The van der Waals surface area contributed by atoms with Crippen LogP contribution in [0.3, 0.4) is 0 Å². The second-order valence-corrected chi connectivity index (χ2v) is 1.31. The van der Waals surface area contributed by atoms with Crippen LogP contribution in [0, 0.1) is 0 Å². The minimum atomic E-state index is -0.875. The third-order valence-corrected chi connectivity index (χ3v) is 0.709. The summed E-state index contributed by atoms with van der Waals surface area (Å²) in [7, 11) is 0. The van der Waals surface area contributed by atoms with Crippen LogP contribution in [0.25, 0.3) is 0 Å². The molecule has 7 heavy (non-hydrogen) atoms. The maximum absolute atomic E-state index is 8.50. The zero-order valence-corrected chi connectivity index (χ0v) is 3.57. The van der Waals surface area contributed by atoms with Gasteiger partial charge in [-0.3, -0.25) is 0 Å². The van der Waals surface area contributed by atoms with Crippen LogP contribution in [0.5, 0.6) is 0 Å². The summed E-state index contributed by atoms with van der Waals surface area (Å²) in [6.07, 6.45) is -1.45. The molecule has 2 N–H and O–H groups in total. The largest absolute Gasteiger partial charge is 0.393 e. The van der Waals surface area contributed by atoms with Crippen LogP contribution in [-0.2, 0) is 9.78 Å². The summed E-state index contributed by atoms with van der Waals surface area (Å²) in [5, 5.41) is 16.6. The van der Waals surface area contributed by atoms with E-state index in [-0.39, 0.29) is 6.61 Å². The highest BCUT2D eigenvalue weighted by atomic mass is 17.4. The van der Waals surface area contributed by atoms with E-state index < -0.39 is 12.4 Å². The monoisotopic (exact) mass is 106 g/mol. The summed E-state index contributed by atoms with van der Waals surface area (Å²) < 4.78 is 0. The van der Waals surface area contributed by atoms with Gasteiger partial charge < -0.3 is 10.2 Å². The van der Waals surface area contributed by atoms with Crippen LogP contribution >= 0.6 is 0 Å². The van der Waals surface area contributed by atoms with Gasteiger partial charge in [-0.2, -0.15) is 9.78 Å². The van der Waals surface area contributed by atoms with Crippen molar-refractivity contribution >= 4 is 0 Å². The van der Waals surface area contributed by atoms with Gasteiger partial charge in [-0.1, -0.05) is 0 Å². The lowest BCUT2D eigenvalue weighted by molar-refractivity contribution is 0.0701. The van der Waals surface area contributed by atoms with Gasteiger partial charge in [-0.05, 0) is 0 Å². The quantitative estimate of drug-likeness (QED) is 0.336. The average Bonchev–Trinajstić information content (AvgIpc) is 2.44. The standard InChI is InChI=1S/C3H6O4/c4-1-2(5)3-6-7-3/h2-5H,1H2. The van der Waals surface area contributed by atoms with Crippen LogP contribution < -0.4 is 0 Å². The average molecular weight is 106 g/mol. The number of rotatable bonds is 2. The smallest absolute Gasteiger partial charge is 0.252 e. The van der Waals surface area contributed by atoms with E-state index in [1.807, 2.05) is 0 Å². The molecule has 0 aromatic heterocycles. The highest BCUT2D eigenvalue weighted by Crippen LogP contribution is 2.15. The molecule has 1 saturated heterocycles. The molecule has 0 radical (unpaired) electrons. The summed E-state index contributed by atoms with van der Waals surface area (Å²) in [6.45, 7) is -0.315. The summed E-state index contributed by atoms with van der Waals surface area (Å²) in [4.78, 5) is 8.30. The molecule has 0 spiro atoms. The van der Waals surface area contributed by atoms with E-state index >= 15 is 0 Å². The van der Waals surface area contributed by atoms with Crippen molar-refractivity contribution in [1.82, 2.24) is 0 Å². The van der Waals surface area contributed by atoms with E-state index in [0.29, 0.717) is 0 Å². The molecule has 0 aromatic rings. The minimum absolute atomic E-state index is 0.315. The Labute approximate surface area is 40.2 Å². The number of hydrogen-bond donors (Lipinski definition) is 2. The van der Waals surface area contributed by atoms with Crippen molar-refractivity contribution in [3.8, 4) is 0 Å². The summed E-state index contributed by atoms with van der Waals surface area (Å²) >= 11 is 0. The Morgan fingerprint density at radius 3 is 2.29 bits per heavy atom. The molecule has 0 saturated carbocycles. The molecular weight excluding hydrogens is 100 g/mol. The lowest BCUT2D eigenvalue weighted by Crippen LogP contribution is -2.18. The third-order valence-electron chi connectivity index (χ3n) is 0.709. The fourth-order valence-corrected chi connectivity index (χ4v) is 0.246. The summed E-state index contributed by atoms with van der Waals surface area (Å²) in [5.74, 6) is 0. The molecule has 1 rings (SSSR count). The number of aliphatic hydroxyl groups excluding tert-OH is 2. The molecule has 1 atom stereocenters. The van der Waals surface area contributed by atoms with Crippen LogP contribution in [0.4, 0.5) is 0 Å². The predicted octanol–water partition coefficient (Wildman–Crippen LogP) is -1.37. The zero-order chi connectivity index (χ0) is 5.28. The molecule has 0 bridgehead atoms.